The number of aryl methyl sites for hydroxylation is 2. The van der Waals surface area contributed by atoms with Crippen LogP contribution in [0.25, 0.3) is 0 Å². The molecule has 0 bridgehead atoms. The minimum absolute atomic E-state index is 0.159. The summed E-state index contributed by atoms with van der Waals surface area (Å²) >= 11 is 0. The molecule has 2 aromatic rings. The van der Waals surface area contributed by atoms with E-state index >= 15 is 0 Å². The maximum absolute atomic E-state index is 12.5. The van der Waals surface area contributed by atoms with Crippen LogP contribution in [0.3, 0.4) is 0 Å². The second-order valence-corrected chi connectivity index (χ2v) is 5.22. The molecule has 0 unspecified atom stereocenters. The lowest BCUT2D eigenvalue weighted by Crippen LogP contribution is -2.30. The summed E-state index contributed by atoms with van der Waals surface area (Å²) in [5, 5.41) is 10.9. The van der Waals surface area contributed by atoms with Crippen molar-refractivity contribution in [1.29, 1.82) is 0 Å². The highest BCUT2D eigenvalue weighted by atomic mass is 16.6. The van der Waals surface area contributed by atoms with E-state index in [-0.39, 0.29) is 11.4 Å². The summed E-state index contributed by atoms with van der Waals surface area (Å²) < 4.78 is 0. The molecule has 0 spiro atoms. The van der Waals surface area contributed by atoms with Crippen LogP contribution in [0, 0.1) is 24.0 Å². The van der Waals surface area contributed by atoms with Crippen molar-refractivity contribution in [3.63, 3.8) is 0 Å². The zero-order chi connectivity index (χ0) is 16.0. The van der Waals surface area contributed by atoms with Crippen LogP contribution in [0.15, 0.2) is 36.4 Å². The van der Waals surface area contributed by atoms with Gasteiger partial charge in [0.05, 0.1) is 21.7 Å². The summed E-state index contributed by atoms with van der Waals surface area (Å²) in [5.41, 5.74) is 2.23. The first kappa shape index (κ1) is 13.9. The molecule has 1 aliphatic heterocycles. The Morgan fingerprint density at radius 2 is 1.64 bits per heavy atom. The molecule has 0 aliphatic carbocycles. The number of carbonyl (C=O) groups excluding carboxylic acids is 2. The molecule has 0 fully saturated rings. The van der Waals surface area contributed by atoms with Gasteiger partial charge in [-0.3, -0.25) is 19.7 Å². The van der Waals surface area contributed by atoms with Gasteiger partial charge in [-0.2, -0.15) is 0 Å². The van der Waals surface area contributed by atoms with E-state index in [1.165, 1.54) is 18.2 Å². The molecule has 1 heterocycles. The lowest BCUT2D eigenvalue weighted by Gasteiger charge is -2.16. The minimum Gasteiger partial charge on any atom is -0.268 e. The van der Waals surface area contributed by atoms with Gasteiger partial charge < -0.3 is 0 Å². The smallest absolute Gasteiger partial charge is 0.268 e. The van der Waals surface area contributed by atoms with Crippen LogP contribution in [0.5, 0.6) is 0 Å². The van der Waals surface area contributed by atoms with E-state index in [0.717, 1.165) is 10.5 Å². The van der Waals surface area contributed by atoms with Crippen molar-refractivity contribution in [2.45, 2.75) is 13.8 Å². The predicted molar refractivity (Wildman–Crippen MR) is 80.2 cm³/mol. The molecule has 6 heteroatoms. The average molecular weight is 296 g/mol. The zero-order valence-corrected chi connectivity index (χ0v) is 12.0. The van der Waals surface area contributed by atoms with Gasteiger partial charge in [0, 0.05) is 12.1 Å². The van der Waals surface area contributed by atoms with Gasteiger partial charge in [0.1, 0.15) is 0 Å². The van der Waals surface area contributed by atoms with Gasteiger partial charge in [-0.05, 0) is 31.5 Å². The normalized spacial score (nSPS) is 13.5. The molecular weight excluding hydrogens is 284 g/mol. The van der Waals surface area contributed by atoms with E-state index in [2.05, 4.69) is 0 Å². The molecule has 0 saturated carbocycles. The number of nitro groups is 1. The van der Waals surface area contributed by atoms with E-state index in [0.29, 0.717) is 16.7 Å². The zero-order valence-electron chi connectivity index (χ0n) is 12.0. The molecule has 0 N–H and O–H groups in total. The van der Waals surface area contributed by atoms with Crippen LogP contribution in [-0.4, -0.2) is 16.7 Å². The standard InChI is InChI=1S/C16H12N2O4/c1-9-3-6-12-13(7-9)16(20)17(15(12)19)14-8-11(18(21)22)5-4-10(14)2/h3-8H,1-2H3. The van der Waals surface area contributed by atoms with Gasteiger partial charge in [-0.15, -0.1) is 0 Å². The highest BCUT2D eigenvalue weighted by molar-refractivity contribution is 6.34. The Morgan fingerprint density at radius 3 is 2.32 bits per heavy atom. The summed E-state index contributed by atoms with van der Waals surface area (Å²) in [6, 6.07) is 9.15. The fraction of sp³-hybridized carbons (Fsp3) is 0.125. The fourth-order valence-corrected chi connectivity index (χ4v) is 2.53. The molecule has 0 aromatic heterocycles. The lowest BCUT2D eigenvalue weighted by atomic mass is 10.1. The number of carbonyl (C=O) groups is 2. The number of hydrogen-bond donors (Lipinski definition) is 0. The molecule has 0 radical (unpaired) electrons. The maximum atomic E-state index is 12.5. The highest BCUT2D eigenvalue weighted by Gasteiger charge is 2.37. The molecular formula is C16H12N2O4. The summed E-state index contributed by atoms with van der Waals surface area (Å²) in [7, 11) is 0. The van der Waals surface area contributed by atoms with Crippen molar-refractivity contribution in [3.05, 3.63) is 68.8 Å². The monoisotopic (exact) mass is 296 g/mol. The number of nitro benzene ring substituents is 1. The average Bonchev–Trinajstić information content (AvgIpc) is 2.71. The second-order valence-electron chi connectivity index (χ2n) is 5.22. The molecule has 0 atom stereocenters. The Morgan fingerprint density at radius 1 is 0.955 bits per heavy atom. The van der Waals surface area contributed by atoms with Gasteiger partial charge in [0.15, 0.2) is 0 Å². The van der Waals surface area contributed by atoms with Gasteiger partial charge in [0.25, 0.3) is 17.5 Å². The fourth-order valence-electron chi connectivity index (χ4n) is 2.53. The Hall–Kier alpha value is -3.02. The quantitative estimate of drug-likeness (QED) is 0.484. The number of hydrogen-bond acceptors (Lipinski definition) is 4. The van der Waals surface area contributed by atoms with Crippen LogP contribution in [-0.2, 0) is 0 Å². The Labute approximate surface area is 126 Å². The summed E-state index contributed by atoms with van der Waals surface area (Å²) in [6.07, 6.45) is 0. The van der Waals surface area contributed by atoms with Crippen LogP contribution < -0.4 is 4.90 Å². The first-order chi connectivity index (χ1) is 10.4. The van der Waals surface area contributed by atoms with E-state index < -0.39 is 16.7 Å². The molecule has 22 heavy (non-hydrogen) atoms. The van der Waals surface area contributed by atoms with Gasteiger partial charge in [-0.25, -0.2) is 4.90 Å². The Balaban J connectivity index is 2.15. The SMILES string of the molecule is Cc1ccc2c(c1)C(=O)N(c1cc([N+](=O)[O-])ccc1C)C2=O. The van der Waals surface area contributed by atoms with Crippen LogP contribution >= 0.6 is 0 Å². The van der Waals surface area contributed by atoms with Gasteiger partial charge >= 0.3 is 0 Å². The van der Waals surface area contributed by atoms with Crippen molar-refractivity contribution >= 4 is 23.2 Å². The van der Waals surface area contributed by atoms with Crippen LogP contribution in [0.4, 0.5) is 11.4 Å². The molecule has 2 aromatic carbocycles. The molecule has 2 amide bonds. The maximum Gasteiger partial charge on any atom is 0.271 e. The number of benzene rings is 2. The number of imide groups is 1. The summed E-state index contributed by atoms with van der Waals surface area (Å²) in [5.74, 6) is -0.907. The molecule has 110 valence electrons. The van der Waals surface area contributed by atoms with Crippen molar-refractivity contribution in [3.8, 4) is 0 Å². The first-order valence-electron chi connectivity index (χ1n) is 6.64. The molecule has 0 saturated heterocycles. The first-order valence-corrected chi connectivity index (χ1v) is 6.64. The van der Waals surface area contributed by atoms with Crippen LogP contribution in [0.2, 0.25) is 0 Å². The van der Waals surface area contributed by atoms with Crippen molar-refractivity contribution < 1.29 is 14.5 Å². The van der Waals surface area contributed by atoms with Gasteiger partial charge in [0.2, 0.25) is 0 Å². The molecule has 1 aliphatic rings. The third kappa shape index (κ3) is 1.96. The predicted octanol–water partition coefficient (Wildman–Crippen LogP) is 3.01. The van der Waals surface area contributed by atoms with E-state index in [4.69, 9.17) is 0 Å². The number of non-ortho nitro benzene ring substituents is 1. The van der Waals surface area contributed by atoms with Crippen LogP contribution in [0.1, 0.15) is 31.8 Å². The third-order valence-electron chi connectivity index (χ3n) is 3.69. The number of rotatable bonds is 2. The number of anilines is 1. The van der Waals surface area contributed by atoms with Gasteiger partial charge in [-0.1, -0.05) is 17.7 Å². The number of fused-ring (bicyclic) bond motifs is 1. The highest BCUT2D eigenvalue weighted by Crippen LogP contribution is 2.33. The molecule has 3 rings (SSSR count). The van der Waals surface area contributed by atoms with Crippen molar-refractivity contribution in [1.82, 2.24) is 0 Å². The number of nitrogens with zero attached hydrogens (tertiary/aromatic N) is 2. The van der Waals surface area contributed by atoms with E-state index in [1.54, 1.807) is 25.1 Å². The summed E-state index contributed by atoms with van der Waals surface area (Å²) in [6.45, 7) is 3.53. The number of amides is 2. The van der Waals surface area contributed by atoms with Crippen molar-refractivity contribution in [2.24, 2.45) is 0 Å². The third-order valence-corrected chi connectivity index (χ3v) is 3.69. The lowest BCUT2D eigenvalue weighted by molar-refractivity contribution is -0.384. The summed E-state index contributed by atoms with van der Waals surface area (Å²) in [4.78, 5) is 36.4. The molecule has 6 nitrogen and oxygen atoms in total. The van der Waals surface area contributed by atoms with E-state index in [1.807, 2.05) is 6.92 Å². The Kier molecular flexibility index (Phi) is 3.02. The largest absolute Gasteiger partial charge is 0.271 e. The Bertz CT molecular complexity index is 842. The minimum atomic E-state index is -0.550. The van der Waals surface area contributed by atoms with E-state index in [9.17, 15) is 19.7 Å². The van der Waals surface area contributed by atoms with Crippen molar-refractivity contribution in [2.75, 3.05) is 4.90 Å². The topological polar surface area (TPSA) is 80.5 Å². The second kappa shape index (κ2) is 4.77.